The van der Waals surface area contributed by atoms with Crippen LogP contribution in [0.15, 0.2) is 42.5 Å². The lowest BCUT2D eigenvalue weighted by Crippen LogP contribution is -2.52. The molecule has 1 aliphatic heterocycles. The second-order valence-electron chi connectivity index (χ2n) is 8.08. The Hall–Kier alpha value is -3.10. The van der Waals surface area contributed by atoms with Crippen molar-refractivity contribution in [1.82, 2.24) is 20.2 Å². The number of likely N-dealkylation sites (tertiary alicyclic amines) is 1. The fourth-order valence-corrected chi connectivity index (χ4v) is 4.18. The number of aromatic nitrogens is 2. The molecule has 1 aliphatic rings. The van der Waals surface area contributed by atoms with Crippen molar-refractivity contribution in [3.63, 3.8) is 0 Å². The first-order valence-electron chi connectivity index (χ1n) is 11.1. The Bertz CT molecular complexity index is 1140. The summed E-state index contributed by atoms with van der Waals surface area (Å²) in [6, 6.07) is 11.6. The third-order valence-corrected chi connectivity index (χ3v) is 6.12. The average molecular weight is 471 g/mol. The van der Waals surface area contributed by atoms with Gasteiger partial charge in [0.25, 0.3) is 5.91 Å². The molecule has 33 heavy (non-hydrogen) atoms. The molecule has 1 aromatic carbocycles. The molecule has 0 saturated carbocycles. The van der Waals surface area contributed by atoms with Gasteiger partial charge in [-0.2, -0.15) is 0 Å². The van der Waals surface area contributed by atoms with Crippen LogP contribution in [-0.2, 0) is 11.2 Å². The Balaban J connectivity index is 1.56. The molecule has 174 valence electrons. The average Bonchev–Trinajstić information content (AvgIpc) is 3.24. The Morgan fingerprint density at radius 2 is 2.03 bits per heavy atom. The van der Waals surface area contributed by atoms with Crippen LogP contribution in [0, 0.1) is 0 Å². The molecule has 2 aromatic heterocycles. The Morgan fingerprint density at radius 3 is 2.76 bits per heavy atom. The number of carbonyl (C=O) groups excluding carboxylic acids is 2. The number of amides is 2. The van der Waals surface area contributed by atoms with Crippen LogP contribution in [0.4, 0.5) is 0 Å². The highest BCUT2D eigenvalue weighted by Gasteiger charge is 2.30. The van der Waals surface area contributed by atoms with E-state index in [-0.39, 0.29) is 12.3 Å². The molecule has 0 spiro atoms. The van der Waals surface area contributed by atoms with Crippen molar-refractivity contribution in [3.05, 3.63) is 58.7 Å². The number of nitrogens with one attached hydrogen (secondary N) is 2. The van der Waals surface area contributed by atoms with Crippen LogP contribution < -0.4 is 10.1 Å². The summed E-state index contributed by atoms with van der Waals surface area (Å²) in [5.41, 5.74) is 2.37. The topological polar surface area (TPSA) is 108 Å². The van der Waals surface area contributed by atoms with Crippen LogP contribution in [0.25, 0.3) is 11.0 Å². The number of piperidine rings is 1. The summed E-state index contributed by atoms with van der Waals surface area (Å²) in [7, 11) is 0. The van der Waals surface area contributed by atoms with Gasteiger partial charge in [0.05, 0.1) is 23.7 Å². The van der Waals surface area contributed by atoms with E-state index in [0.717, 1.165) is 5.56 Å². The zero-order valence-electron chi connectivity index (χ0n) is 18.4. The molecule has 4 rings (SSSR count). The van der Waals surface area contributed by atoms with Crippen molar-refractivity contribution < 1.29 is 19.4 Å². The summed E-state index contributed by atoms with van der Waals surface area (Å²) in [6.07, 6.45) is 0.907. The van der Waals surface area contributed by atoms with Gasteiger partial charge >= 0.3 is 0 Å². The van der Waals surface area contributed by atoms with Crippen LogP contribution in [0.5, 0.6) is 5.88 Å². The maximum absolute atomic E-state index is 13.3. The molecule has 0 bridgehead atoms. The minimum atomic E-state index is -0.800. The highest BCUT2D eigenvalue weighted by Crippen LogP contribution is 2.21. The predicted octanol–water partition coefficient (Wildman–Crippen LogP) is 2.94. The highest BCUT2D eigenvalue weighted by atomic mass is 35.5. The second kappa shape index (κ2) is 10.2. The van der Waals surface area contributed by atoms with Crippen LogP contribution in [-0.4, -0.2) is 63.6 Å². The van der Waals surface area contributed by atoms with Gasteiger partial charge in [0, 0.05) is 30.6 Å². The van der Waals surface area contributed by atoms with E-state index in [9.17, 15) is 14.7 Å². The number of aromatic amines is 1. The third kappa shape index (κ3) is 5.46. The number of carbonyl (C=O) groups is 2. The summed E-state index contributed by atoms with van der Waals surface area (Å²) in [6.45, 7) is 3.27. The fraction of sp³-hybridized carbons (Fsp3) is 0.375. The summed E-state index contributed by atoms with van der Waals surface area (Å²) in [5.74, 6) is -0.119. The van der Waals surface area contributed by atoms with Crippen LogP contribution in [0.3, 0.4) is 0 Å². The van der Waals surface area contributed by atoms with E-state index in [1.54, 1.807) is 29.2 Å². The molecule has 9 heteroatoms. The molecule has 3 heterocycles. The van der Waals surface area contributed by atoms with Crippen molar-refractivity contribution >= 4 is 34.4 Å². The van der Waals surface area contributed by atoms with E-state index in [4.69, 9.17) is 16.3 Å². The fourth-order valence-electron chi connectivity index (χ4n) is 3.97. The normalized spacial score (nSPS) is 15.4. The van der Waals surface area contributed by atoms with E-state index in [1.807, 2.05) is 25.1 Å². The van der Waals surface area contributed by atoms with Gasteiger partial charge in [-0.25, -0.2) is 4.98 Å². The first-order chi connectivity index (χ1) is 15.9. The molecule has 3 N–H and O–H groups in total. The first kappa shape index (κ1) is 23.1. The summed E-state index contributed by atoms with van der Waals surface area (Å²) < 4.78 is 5.43. The van der Waals surface area contributed by atoms with Gasteiger partial charge < -0.3 is 25.0 Å². The molecular formula is C24H27ClN4O4. The quantitative estimate of drug-likeness (QED) is 0.492. The van der Waals surface area contributed by atoms with Gasteiger partial charge in [-0.15, -0.1) is 0 Å². The molecule has 2 amide bonds. The van der Waals surface area contributed by atoms with Gasteiger partial charge in [-0.1, -0.05) is 29.8 Å². The van der Waals surface area contributed by atoms with Gasteiger partial charge in [0.15, 0.2) is 0 Å². The zero-order chi connectivity index (χ0) is 23.4. The van der Waals surface area contributed by atoms with Crippen molar-refractivity contribution in [2.24, 2.45) is 0 Å². The molecule has 1 fully saturated rings. The van der Waals surface area contributed by atoms with Crippen LogP contribution >= 0.6 is 11.6 Å². The van der Waals surface area contributed by atoms with Gasteiger partial charge in [0.1, 0.15) is 11.7 Å². The van der Waals surface area contributed by atoms with E-state index in [2.05, 4.69) is 15.3 Å². The number of benzene rings is 1. The molecule has 3 aromatic rings. The number of pyridine rings is 1. The maximum atomic E-state index is 13.3. The molecular weight excluding hydrogens is 444 g/mol. The number of rotatable bonds is 7. The van der Waals surface area contributed by atoms with Gasteiger partial charge in [0.2, 0.25) is 11.8 Å². The largest absolute Gasteiger partial charge is 0.478 e. The SMILES string of the molecule is CCOc1ccc2[nH]c(C(=O)N[C@@H](Cc3ccccc3Cl)C(=O)N3CCC(O)CC3)cc2n1. The Morgan fingerprint density at radius 1 is 1.27 bits per heavy atom. The summed E-state index contributed by atoms with van der Waals surface area (Å²) in [5, 5.41) is 13.2. The van der Waals surface area contributed by atoms with Crippen molar-refractivity contribution in [1.29, 1.82) is 0 Å². The molecule has 1 atom stereocenters. The minimum absolute atomic E-state index is 0.192. The van der Waals surface area contributed by atoms with E-state index in [0.29, 0.717) is 60.2 Å². The van der Waals surface area contributed by atoms with Crippen LogP contribution in [0.1, 0.15) is 35.8 Å². The van der Waals surface area contributed by atoms with Crippen molar-refractivity contribution in [3.8, 4) is 5.88 Å². The van der Waals surface area contributed by atoms with Gasteiger partial charge in [-0.05, 0) is 43.5 Å². The molecule has 0 aliphatic carbocycles. The Kier molecular flexibility index (Phi) is 7.15. The number of aliphatic hydroxyl groups is 1. The molecule has 0 radical (unpaired) electrons. The zero-order valence-corrected chi connectivity index (χ0v) is 19.1. The van der Waals surface area contributed by atoms with Crippen LogP contribution in [0.2, 0.25) is 5.02 Å². The second-order valence-corrected chi connectivity index (χ2v) is 8.48. The summed E-state index contributed by atoms with van der Waals surface area (Å²) in [4.78, 5) is 35.6. The van der Waals surface area contributed by atoms with E-state index >= 15 is 0 Å². The maximum Gasteiger partial charge on any atom is 0.268 e. The number of fused-ring (bicyclic) bond motifs is 1. The summed E-state index contributed by atoms with van der Waals surface area (Å²) >= 11 is 6.33. The number of hydrogen-bond acceptors (Lipinski definition) is 5. The lowest BCUT2D eigenvalue weighted by atomic mass is 10.0. The van der Waals surface area contributed by atoms with Crippen molar-refractivity contribution in [2.75, 3.05) is 19.7 Å². The monoisotopic (exact) mass is 470 g/mol. The van der Waals surface area contributed by atoms with Gasteiger partial charge in [-0.3, -0.25) is 9.59 Å². The lowest BCUT2D eigenvalue weighted by molar-refractivity contribution is -0.135. The van der Waals surface area contributed by atoms with Crippen molar-refractivity contribution in [2.45, 2.75) is 38.3 Å². The number of hydrogen-bond donors (Lipinski definition) is 3. The molecule has 0 unspecified atom stereocenters. The smallest absolute Gasteiger partial charge is 0.268 e. The predicted molar refractivity (Wildman–Crippen MR) is 125 cm³/mol. The third-order valence-electron chi connectivity index (χ3n) is 5.75. The number of ether oxygens (including phenoxy) is 1. The highest BCUT2D eigenvalue weighted by molar-refractivity contribution is 6.31. The number of aliphatic hydroxyl groups excluding tert-OH is 1. The van der Waals surface area contributed by atoms with E-state index < -0.39 is 18.1 Å². The number of halogens is 1. The first-order valence-corrected chi connectivity index (χ1v) is 11.5. The Labute approximate surface area is 196 Å². The molecule has 1 saturated heterocycles. The minimum Gasteiger partial charge on any atom is -0.478 e. The number of H-pyrrole nitrogens is 1. The molecule has 8 nitrogen and oxygen atoms in total. The lowest BCUT2D eigenvalue weighted by Gasteiger charge is -2.32. The standard InChI is InChI=1S/C24H27ClN4O4/c1-2-33-22-8-7-18-19(27-22)14-20(26-18)23(31)28-21(13-15-5-3-4-6-17(15)25)24(32)29-11-9-16(30)10-12-29/h3-8,14,16,21,26,30H,2,9-13H2,1H3,(H,28,31)/t21-/m0/s1. The van der Waals surface area contributed by atoms with E-state index in [1.165, 1.54) is 0 Å². The number of nitrogens with zero attached hydrogens (tertiary/aromatic N) is 2.